The Morgan fingerprint density at radius 3 is 2.72 bits per heavy atom. The Bertz CT molecular complexity index is 1020. The summed E-state index contributed by atoms with van der Waals surface area (Å²) in [5, 5.41) is 0. The van der Waals surface area contributed by atoms with E-state index in [1.54, 1.807) is 25.3 Å². The molecule has 3 aromatic rings. The third kappa shape index (κ3) is 3.33. The summed E-state index contributed by atoms with van der Waals surface area (Å²) in [4.78, 5) is 16.0. The maximum Gasteiger partial charge on any atom is 0.243 e. The van der Waals surface area contributed by atoms with Gasteiger partial charge in [-0.05, 0) is 31.2 Å². The van der Waals surface area contributed by atoms with Crippen molar-refractivity contribution in [2.24, 2.45) is 0 Å². The predicted octanol–water partition coefficient (Wildman–Crippen LogP) is 2.75. The van der Waals surface area contributed by atoms with E-state index in [0.29, 0.717) is 12.1 Å². The Kier molecular flexibility index (Phi) is 4.69. The molecular formula is C18H19N3O3S. The maximum absolute atomic E-state index is 13.0. The van der Waals surface area contributed by atoms with Gasteiger partial charge in [0.25, 0.3) is 0 Å². The number of carbonyl (C=O) groups excluding carboxylic acids is 1. The summed E-state index contributed by atoms with van der Waals surface area (Å²) >= 11 is 0. The number of aromatic nitrogens is 2. The topological polar surface area (TPSA) is 71.8 Å². The van der Waals surface area contributed by atoms with Gasteiger partial charge in [0.2, 0.25) is 10.0 Å². The Morgan fingerprint density at radius 2 is 2.00 bits per heavy atom. The van der Waals surface area contributed by atoms with Gasteiger partial charge in [0.05, 0.1) is 23.3 Å². The quantitative estimate of drug-likeness (QED) is 0.636. The van der Waals surface area contributed by atoms with E-state index in [4.69, 9.17) is 0 Å². The second kappa shape index (κ2) is 6.78. The molecule has 0 spiro atoms. The number of pyridine rings is 1. The Morgan fingerprint density at radius 1 is 1.20 bits per heavy atom. The molecule has 0 radical (unpaired) electrons. The van der Waals surface area contributed by atoms with E-state index in [0.717, 1.165) is 11.3 Å². The van der Waals surface area contributed by atoms with Crippen molar-refractivity contribution in [2.45, 2.75) is 25.3 Å². The van der Waals surface area contributed by atoms with Crippen LogP contribution in [0.2, 0.25) is 0 Å². The third-order valence-corrected chi connectivity index (χ3v) is 5.98. The van der Waals surface area contributed by atoms with Gasteiger partial charge in [0.1, 0.15) is 5.65 Å². The van der Waals surface area contributed by atoms with Gasteiger partial charge in [-0.15, -0.1) is 0 Å². The fraction of sp³-hybridized carbons (Fsp3) is 0.222. The molecule has 130 valence electrons. The van der Waals surface area contributed by atoms with Crippen LogP contribution in [0.15, 0.2) is 59.8 Å². The first kappa shape index (κ1) is 17.3. The van der Waals surface area contributed by atoms with E-state index in [9.17, 15) is 13.2 Å². The van der Waals surface area contributed by atoms with Crippen molar-refractivity contribution in [1.82, 2.24) is 13.7 Å². The molecule has 0 saturated carbocycles. The van der Waals surface area contributed by atoms with E-state index in [1.165, 1.54) is 23.4 Å². The summed E-state index contributed by atoms with van der Waals surface area (Å²) in [6.45, 7) is 3.72. The number of hydrogen-bond acceptors (Lipinski definition) is 4. The zero-order valence-corrected chi connectivity index (χ0v) is 14.9. The standard InChI is InChI=1S/C18H19N3O3S/c1-3-20(13-16-12-19-18-9-4-5-10-21(16)18)25(23,24)17-8-6-7-15(11-17)14(2)22/h4-12H,3,13H2,1-2H3. The van der Waals surface area contributed by atoms with Gasteiger partial charge in [0.15, 0.2) is 5.78 Å². The van der Waals surface area contributed by atoms with Gasteiger partial charge < -0.3 is 4.40 Å². The third-order valence-electron chi connectivity index (χ3n) is 4.06. The lowest BCUT2D eigenvalue weighted by molar-refractivity contribution is 0.101. The Balaban J connectivity index is 1.97. The van der Waals surface area contributed by atoms with Gasteiger partial charge in [-0.1, -0.05) is 25.1 Å². The number of fused-ring (bicyclic) bond motifs is 1. The van der Waals surface area contributed by atoms with E-state index in [-0.39, 0.29) is 17.2 Å². The van der Waals surface area contributed by atoms with Crippen LogP contribution in [0.25, 0.3) is 5.65 Å². The molecule has 0 N–H and O–H groups in total. The molecule has 0 atom stereocenters. The average molecular weight is 357 g/mol. The molecule has 0 aliphatic heterocycles. The second-order valence-corrected chi connectivity index (χ2v) is 7.63. The zero-order chi connectivity index (χ0) is 18.0. The monoisotopic (exact) mass is 357 g/mol. The first-order valence-corrected chi connectivity index (χ1v) is 9.39. The highest BCUT2D eigenvalue weighted by atomic mass is 32.2. The predicted molar refractivity (Wildman–Crippen MR) is 94.9 cm³/mol. The van der Waals surface area contributed by atoms with Crippen molar-refractivity contribution in [2.75, 3.05) is 6.54 Å². The van der Waals surface area contributed by atoms with Crippen LogP contribution in [0, 0.1) is 0 Å². The summed E-state index contributed by atoms with van der Waals surface area (Å²) in [5.74, 6) is -0.165. The van der Waals surface area contributed by atoms with Crippen molar-refractivity contribution in [3.63, 3.8) is 0 Å². The number of ketones is 1. The van der Waals surface area contributed by atoms with Crippen LogP contribution in [-0.4, -0.2) is 34.4 Å². The number of rotatable bonds is 6. The van der Waals surface area contributed by atoms with Crippen molar-refractivity contribution >= 4 is 21.5 Å². The molecule has 0 saturated heterocycles. The van der Waals surface area contributed by atoms with Gasteiger partial charge >= 0.3 is 0 Å². The summed E-state index contributed by atoms with van der Waals surface area (Å²) < 4.78 is 29.2. The fourth-order valence-electron chi connectivity index (χ4n) is 2.67. The molecule has 0 amide bonds. The Hall–Kier alpha value is -2.51. The molecule has 1 aromatic carbocycles. The summed E-state index contributed by atoms with van der Waals surface area (Å²) in [6.07, 6.45) is 3.54. The van der Waals surface area contributed by atoms with Crippen molar-refractivity contribution < 1.29 is 13.2 Å². The molecule has 7 heteroatoms. The minimum absolute atomic E-state index is 0.121. The number of carbonyl (C=O) groups is 1. The molecule has 0 fully saturated rings. The molecule has 0 unspecified atom stereocenters. The number of nitrogens with zero attached hydrogens (tertiary/aromatic N) is 3. The lowest BCUT2D eigenvalue weighted by Crippen LogP contribution is -2.31. The molecule has 6 nitrogen and oxygen atoms in total. The molecule has 0 bridgehead atoms. The largest absolute Gasteiger partial charge is 0.303 e. The van der Waals surface area contributed by atoms with Gasteiger partial charge in [-0.25, -0.2) is 13.4 Å². The zero-order valence-electron chi connectivity index (χ0n) is 14.1. The number of hydrogen-bond donors (Lipinski definition) is 0. The number of imidazole rings is 1. The van der Waals surface area contributed by atoms with Crippen LogP contribution < -0.4 is 0 Å². The molecule has 2 aromatic heterocycles. The highest BCUT2D eigenvalue weighted by molar-refractivity contribution is 7.89. The lowest BCUT2D eigenvalue weighted by Gasteiger charge is -2.20. The first-order chi connectivity index (χ1) is 11.9. The summed E-state index contributed by atoms with van der Waals surface area (Å²) in [6, 6.07) is 11.8. The van der Waals surface area contributed by atoms with Crippen molar-refractivity contribution in [1.29, 1.82) is 0 Å². The van der Waals surface area contributed by atoms with E-state index >= 15 is 0 Å². The molecular weight excluding hydrogens is 338 g/mol. The summed E-state index contributed by atoms with van der Waals surface area (Å²) in [7, 11) is -3.71. The van der Waals surface area contributed by atoms with Gasteiger partial charge in [-0.2, -0.15) is 4.31 Å². The second-order valence-electron chi connectivity index (χ2n) is 5.69. The van der Waals surface area contributed by atoms with E-state index < -0.39 is 10.0 Å². The van der Waals surface area contributed by atoms with Crippen LogP contribution >= 0.6 is 0 Å². The normalized spacial score (nSPS) is 12.0. The van der Waals surface area contributed by atoms with E-state index in [1.807, 2.05) is 28.8 Å². The molecule has 3 rings (SSSR count). The van der Waals surface area contributed by atoms with Crippen LogP contribution in [0.4, 0.5) is 0 Å². The Labute approximate surface area is 146 Å². The smallest absolute Gasteiger partial charge is 0.243 e. The number of sulfonamides is 1. The molecule has 0 aliphatic rings. The average Bonchev–Trinajstić information content (AvgIpc) is 3.02. The number of benzene rings is 1. The summed E-state index contributed by atoms with van der Waals surface area (Å²) in [5.41, 5.74) is 1.93. The van der Waals surface area contributed by atoms with E-state index in [2.05, 4.69) is 4.98 Å². The van der Waals surface area contributed by atoms with Crippen LogP contribution in [0.5, 0.6) is 0 Å². The highest BCUT2D eigenvalue weighted by Crippen LogP contribution is 2.20. The van der Waals surface area contributed by atoms with Crippen molar-refractivity contribution in [3.05, 3.63) is 66.1 Å². The van der Waals surface area contributed by atoms with Gasteiger partial charge in [0, 0.05) is 18.3 Å². The molecule has 2 heterocycles. The first-order valence-electron chi connectivity index (χ1n) is 7.95. The highest BCUT2D eigenvalue weighted by Gasteiger charge is 2.24. The van der Waals surface area contributed by atoms with Crippen molar-refractivity contribution in [3.8, 4) is 0 Å². The number of Topliss-reactive ketones (excluding diaryl/α,β-unsaturated/α-hetero) is 1. The minimum atomic E-state index is -3.71. The fourth-order valence-corrected chi connectivity index (χ4v) is 4.14. The maximum atomic E-state index is 13.0. The van der Waals surface area contributed by atoms with Gasteiger partial charge in [-0.3, -0.25) is 4.79 Å². The van der Waals surface area contributed by atoms with Crippen LogP contribution in [0.1, 0.15) is 29.9 Å². The van der Waals surface area contributed by atoms with Crippen LogP contribution in [-0.2, 0) is 16.6 Å². The molecule has 25 heavy (non-hydrogen) atoms. The lowest BCUT2D eigenvalue weighted by atomic mass is 10.2. The minimum Gasteiger partial charge on any atom is -0.303 e. The molecule has 0 aliphatic carbocycles. The SMILES string of the molecule is CCN(Cc1cnc2ccccn12)S(=O)(=O)c1cccc(C(C)=O)c1. The van der Waals surface area contributed by atoms with Crippen LogP contribution in [0.3, 0.4) is 0 Å².